The largest absolute Gasteiger partial charge is 0.447 e. The van der Waals surface area contributed by atoms with E-state index >= 15 is 0 Å². The maximum absolute atomic E-state index is 12.2. The minimum absolute atomic E-state index is 0.121. The van der Waals surface area contributed by atoms with Crippen LogP contribution in [0, 0.1) is 0 Å². The van der Waals surface area contributed by atoms with E-state index in [1.165, 1.54) is 0 Å². The molecule has 0 aliphatic rings. The Morgan fingerprint density at radius 1 is 0.842 bits per heavy atom. The summed E-state index contributed by atoms with van der Waals surface area (Å²) in [5, 5.41) is 0. The lowest BCUT2D eigenvalue weighted by molar-refractivity contribution is -0.446. The zero-order valence-electron chi connectivity index (χ0n) is 8.67. The van der Waals surface area contributed by atoms with Crippen molar-refractivity contribution < 1.29 is 53.4 Å². The third kappa shape index (κ3) is 3.03. The van der Waals surface area contributed by atoms with Crippen molar-refractivity contribution in [3.05, 3.63) is 0 Å². The third-order valence-corrected chi connectivity index (χ3v) is 1.78. The quantitative estimate of drug-likeness (QED) is 0.578. The first-order valence-electron chi connectivity index (χ1n) is 4.15. The van der Waals surface area contributed by atoms with Crippen LogP contribution in [0.1, 0.15) is 6.92 Å². The van der Waals surface area contributed by atoms with Crippen LogP contribution in [0.4, 0.5) is 43.9 Å². The fraction of sp³-hybridized carbons (Fsp3) is 0.857. The summed E-state index contributed by atoms with van der Waals surface area (Å²) in [4.78, 5) is 10.4. The fourth-order valence-electron chi connectivity index (χ4n) is 0.888. The average molecular weight is 310 g/mol. The highest BCUT2D eigenvalue weighted by atomic mass is 19.4. The van der Waals surface area contributed by atoms with Crippen LogP contribution in [-0.4, -0.2) is 36.3 Å². The van der Waals surface area contributed by atoms with E-state index in [4.69, 9.17) is 0 Å². The lowest BCUT2D eigenvalue weighted by Crippen LogP contribution is -2.68. The normalized spacial score (nSPS) is 16.2. The Hall–Kier alpha value is -1.23. The number of halogens is 10. The fourth-order valence-corrected chi connectivity index (χ4v) is 0.888. The van der Waals surface area contributed by atoms with Gasteiger partial charge in [0, 0.05) is 0 Å². The van der Waals surface area contributed by atoms with Crippen molar-refractivity contribution in [3.8, 4) is 0 Å². The van der Waals surface area contributed by atoms with Gasteiger partial charge in [0.2, 0.25) is 0 Å². The Morgan fingerprint density at radius 2 is 1.11 bits per heavy atom. The van der Waals surface area contributed by atoms with E-state index in [1.54, 1.807) is 0 Å². The van der Waals surface area contributed by atoms with Crippen molar-refractivity contribution in [1.82, 2.24) is 0 Å². The zero-order chi connectivity index (χ0) is 15.9. The monoisotopic (exact) mass is 310 g/mol. The predicted molar refractivity (Wildman–Crippen MR) is 37.6 cm³/mol. The summed E-state index contributed by atoms with van der Waals surface area (Å²) in [6.45, 7) is 0.121. The molecule has 0 bridgehead atoms. The van der Waals surface area contributed by atoms with Gasteiger partial charge in [-0.05, 0) is 6.92 Å². The molecule has 0 spiro atoms. The molecular weight excluding hydrogens is 306 g/mol. The number of hydrogen-bond acceptors (Lipinski definition) is 2. The van der Waals surface area contributed by atoms with Crippen molar-refractivity contribution in [2.45, 2.75) is 37.2 Å². The first-order valence-corrected chi connectivity index (χ1v) is 4.15. The molecular formula is C7H4F10O2. The predicted octanol–water partition coefficient (Wildman–Crippen LogP) is 3.31. The summed E-state index contributed by atoms with van der Waals surface area (Å²) in [6.07, 6.45) is -24.3. The molecule has 12 heteroatoms. The van der Waals surface area contributed by atoms with Crippen molar-refractivity contribution >= 4 is 5.97 Å². The molecule has 0 saturated heterocycles. The van der Waals surface area contributed by atoms with E-state index in [9.17, 15) is 48.7 Å². The second-order valence-electron chi connectivity index (χ2n) is 3.21. The van der Waals surface area contributed by atoms with Crippen molar-refractivity contribution in [2.75, 3.05) is 0 Å². The molecule has 0 heterocycles. The molecule has 0 fully saturated rings. The van der Waals surface area contributed by atoms with E-state index in [-0.39, 0.29) is 6.92 Å². The third-order valence-electron chi connectivity index (χ3n) is 1.78. The summed E-state index contributed by atoms with van der Waals surface area (Å²) in [5.74, 6) is -2.94. The minimum Gasteiger partial charge on any atom is -0.430 e. The van der Waals surface area contributed by atoms with E-state index in [2.05, 4.69) is 4.74 Å². The Bertz CT molecular complexity index is 299. The van der Waals surface area contributed by atoms with Crippen LogP contribution in [0.3, 0.4) is 0 Å². The molecule has 0 aromatic heterocycles. The molecule has 1 unspecified atom stereocenters. The van der Waals surface area contributed by atoms with Crippen molar-refractivity contribution in [1.29, 1.82) is 0 Å². The summed E-state index contributed by atoms with van der Waals surface area (Å²) < 4.78 is 124. The molecule has 0 amide bonds. The molecule has 0 aromatic carbocycles. The SMILES string of the molecule is CC(F)C(=O)OC(C(F)(F)F)(C(F)(F)F)C(F)(F)F. The molecule has 19 heavy (non-hydrogen) atoms. The molecule has 0 aliphatic heterocycles. The van der Waals surface area contributed by atoms with Crippen LogP contribution < -0.4 is 0 Å². The molecule has 0 N–H and O–H groups in total. The highest BCUT2D eigenvalue weighted by molar-refractivity contribution is 5.74. The molecule has 0 rings (SSSR count). The number of rotatable bonds is 2. The van der Waals surface area contributed by atoms with Crippen LogP contribution >= 0.6 is 0 Å². The standard InChI is InChI=1S/C7H4F10O2/c1-2(8)3(18)19-4(5(9,10)11,6(12,13)14)7(15,16)17/h2H,1H3. The maximum Gasteiger partial charge on any atom is 0.447 e. The first-order chi connectivity index (χ1) is 8.08. The highest BCUT2D eigenvalue weighted by Crippen LogP contribution is 2.55. The van der Waals surface area contributed by atoms with Crippen LogP contribution in [0.15, 0.2) is 0 Å². The van der Waals surface area contributed by atoms with Gasteiger partial charge in [-0.15, -0.1) is 0 Å². The van der Waals surface area contributed by atoms with Gasteiger partial charge in [0.1, 0.15) is 0 Å². The number of hydrogen-bond donors (Lipinski definition) is 0. The van der Waals surface area contributed by atoms with Crippen LogP contribution in [0.5, 0.6) is 0 Å². The highest BCUT2D eigenvalue weighted by Gasteiger charge is 2.87. The molecule has 0 saturated carbocycles. The van der Waals surface area contributed by atoms with Crippen LogP contribution in [0.25, 0.3) is 0 Å². The summed E-state index contributed by atoms with van der Waals surface area (Å²) in [7, 11) is 0. The summed E-state index contributed by atoms with van der Waals surface area (Å²) in [5.41, 5.74) is -6.77. The van der Waals surface area contributed by atoms with Gasteiger partial charge in [-0.2, -0.15) is 39.5 Å². The number of ether oxygens (including phenoxy) is 1. The van der Waals surface area contributed by atoms with E-state index in [1.807, 2.05) is 0 Å². The molecule has 2 nitrogen and oxygen atoms in total. The number of carbonyl (C=O) groups excluding carboxylic acids is 1. The first kappa shape index (κ1) is 17.8. The van der Waals surface area contributed by atoms with Gasteiger partial charge in [0.25, 0.3) is 0 Å². The lowest BCUT2D eigenvalue weighted by Gasteiger charge is -2.37. The zero-order valence-corrected chi connectivity index (χ0v) is 8.67. The second kappa shape index (κ2) is 4.71. The van der Waals surface area contributed by atoms with Gasteiger partial charge < -0.3 is 4.74 Å². The van der Waals surface area contributed by atoms with E-state index in [0.717, 1.165) is 0 Å². The molecule has 1 atom stereocenters. The van der Waals surface area contributed by atoms with Gasteiger partial charge in [-0.3, -0.25) is 0 Å². The van der Waals surface area contributed by atoms with E-state index in [0.29, 0.717) is 0 Å². The maximum atomic E-state index is 12.2. The van der Waals surface area contributed by atoms with Gasteiger partial charge in [-0.25, -0.2) is 9.18 Å². The molecule has 0 aromatic rings. The van der Waals surface area contributed by atoms with Crippen LogP contribution in [0.2, 0.25) is 0 Å². The Kier molecular flexibility index (Phi) is 4.40. The van der Waals surface area contributed by atoms with Gasteiger partial charge >= 0.3 is 30.1 Å². The summed E-state index contributed by atoms with van der Waals surface area (Å²) in [6, 6.07) is 0. The average Bonchev–Trinajstić information content (AvgIpc) is 2.06. The van der Waals surface area contributed by atoms with Crippen molar-refractivity contribution in [3.63, 3.8) is 0 Å². The molecule has 0 radical (unpaired) electrons. The lowest BCUT2D eigenvalue weighted by atomic mass is 10.0. The van der Waals surface area contributed by atoms with Gasteiger partial charge in [0.05, 0.1) is 0 Å². The van der Waals surface area contributed by atoms with E-state index < -0.39 is 36.3 Å². The molecule has 114 valence electrons. The minimum atomic E-state index is -7.06. The smallest absolute Gasteiger partial charge is 0.430 e. The van der Waals surface area contributed by atoms with Crippen molar-refractivity contribution in [2.24, 2.45) is 0 Å². The van der Waals surface area contributed by atoms with Crippen LogP contribution in [-0.2, 0) is 9.53 Å². The Balaban J connectivity index is 6.05. The number of alkyl halides is 10. The molecule has 0 aliphatic carbocycles. The van der Waals surface area contributed by atoms with Gasteiger partial charge in [0.15, 0.2) is 6.17 Å². The number of esters is 1. The second-order valence-corrected chi connectivity index (χ2v) is 3.21. The Morgan fingerprint density at radius 3 is 1.26 bits per heavy atom. The number of carbonyl (C=O) groups is 1. The Labute approximate surface area is 97.9 Å². The topological polar surface area (TPSA) is 26.3 Å². The summed E-state index contributed by atoms with van der Waals surface area (Å²) >= 11 is 0. The van der Waals surface area contributed by atoms with Gasteiger partial charge in [-0.1, -0.05) is 0 Å².